The lowest BCUT2D eigenvalue weighted by Crippen LogP contribution is -2.61. The smallest absolute Gasteiger partial charge is 0.252 e. The van der Waals surface area contributed by atoms with Crippen LogP contribution in [-0.2, 0) is 10.8 Å². The number of anilines is 6. The Morgan fingerprint density at radius 1 is 0.394 bits per heavy atom. The van der Waals surface area contributed by atoms with Crippen molar-refractivity contribution in [2.45, 2.75) is 59.3 Å². The van der Waals surface area contributed by atoms with Crippen molar-refractivity contribution in [3.8, 4) is 11.4 Å². The van der Waals surface area contributed by atoms with Crippen LogP contribution in [0.5, 0.6) is 0 Å². The molecule has 5 heteroatoms. The molecule has 0 amide bonds. The first-order valence-corrected chi connectivity index (χ1v) is 23.5. The van der Waals surface area contributed by atoms with Crippen LogP contribution in [0.15, 0.2) is 170 Å². The second kappa shape index (κ2) is 12.9. The SMILES string of the molecule is Cc1cc2c3c(c1)N1c4c(cccc4-n4c5ccccc5c5cccc1c54)B3c1ccc(-n3c4ccc(C(C)(C)C)cc4c4cc(C(C)(C)C)ccc43)cc1N2c1ccc2ccccc2c1. The summed E-state index contributed by atoms with van der Waals surface area (Å²) in [6.07, 6.45) is 0. The first-order chi connectivity index (χ1) is 31.9. The molecule has 0 bridgehead atoms. The van der Waals surface area contributed by atoms with Crippen molar-refractivity contribution in [1.82, 2.24) is 9.13 Å². The molecule has 0 saturated carbocycles. The monoisotopic (exact) mass is 848 g/mol. The lowest BCUT2D eigenvalue weighted by atomic mass is 9.33. The van der Waals surface area contributed by atoms with E-state index in [4.69, 9.17) is 0 Å². The maximum absolute atomic E-state index is 2.60. The molecule has 5 heterocycles. The largest absolute Gasteiger partial charge is 0.311 e. The minimum atomic E-state index is 0.00646. The van der Waals surface area contributed by atoms with Crippen molar-refractivity contribution >= 4 is 112 Å². The number of aryl methyl sites for hydroxylation is 1. The zero-order valence-electron chi connectivity index (χ0n) is 38.5. The van der Waals surface area contributed by atoms with E-state index in [1.165, 1.54) is 122 Å². The fourth-order valence-corrected chi connectivity index (χ4v) is 12.0. The second-order valence-electron chi connectivity index (χ2n) is 21.1. The van der Waals surface area contributed by atoms with Crippen LogP contribution >= 0.6 is 0 Å². The summed E-state index contributed by atoms with van der Waals surface area (Å²) in [7, 11) is 0. The van der Waals surface area contributed by atoms with E-state index in [2.05, 4.69) is 237 Å². The van der Waals surface area contributed by atoms with E-state index in [0.29, 0.717) is 0 Å². The number of hydrogen-bond donors (Lipinski definition) is 0. The molecule has 3 aliphatic rings. The third kappa shape index (κ3) is 5.00. The third-order valence-corrected chi connectivity index (χ3v) is 15.1. The molecule has 0 spiro atoms. The van der Waals surface area contributed by atoms with E-state index in [9.17, 15) is 0 Å². The fourth-order valence-electron chi connectivity index (χ4n) is 12.0. The van der Waals surface area contributed by atoms with Gasteiger partial charge in [0.1, 0.15) is 0 Å². The van der Waals surface area contributed by atoms with Gasteiger partial charge in [-0.25, -0.2) is 0 Å². The topological polar surface area (TPSA) is 16.3 Å². The molecule has 0 saturated heterocycles. The van der Waals surface area contributed by atoms with Gasteiger partial charge in [0.2, 0.25) is 0 Å². The van der Waals surface area contributed by atoms with Crippen LogP contribution in [0.1, 0.15) is 58.2 Å². The van der Waals surface area contributed by atoms with Crippen molar-refractivity contribution in [2.75, 3.05) is 9.80 Å². The summed E-state index contributed by atoms with van der Waals surface area (Å²) in [6.45, 7) is 16.2. The van der Waals surface area contributed by atoms with Gasteiger partial charge in [-0.05, 0) is 140 Å². The van der Waals surface area contributed by atoms with Crippen molar-refractivity contribution in [1.29, 1.82) is 0 Å². The van der Waals surface area contributed by atoms with E-state index in [1.807, 2.05) is 0 Å². The van der Waals surface area contributed by atoms with Crippen LogP contribution in [0.4, 0.5) is 34.1 Å². The Labute approximate surface area is 386 Å². The molecule has 4 nitrogen and oxygen atoms in total. The lowest BCUT2D eigenvalue weighted by molar-refractivity contribution is 0.590. The van der Waals surface area contributed by atoms with Gasteiger partial charge in [0.15, 0.2) is 0 Å². The first kappa shape index (κ1) is 37.8. The molecule has 2 aromatic heterocycles. The Bertz CT molecular complexity index is 3870. The van der Waals surface area contributed by atoms with Gasteiger partial charge in [-0.1, -0.05) is 133 Å². The quantitative estimate of drug-likeness (QED) is 0.161. The predicted molar refractivity (Wildman–Crippen MR) is 282 cm³/mol. The number of aromatic nitrogens is 2. The summed E-state index contributed by atoms with van der Waals surface area (Å²) >= 11 is 0. The average Bonchev–Trinajstić information content (AvgIpc) is 3.83. The van der Waals surface area contributed by atoms with Gasteiger partial charge in [0.25, 0.3) is 6.71 Å². The summed E-state index contributed by atoms with van der Waals surface area (Å²) in [5.74, 6) is 0. The molecule has 0 aliphatic carbocycles. The number of benzene rings is 9. The summed E-state index contributed by atoms with van der Waals surface area (Å²) < 4.78 is 5.05. The number of hydrogen-bond acceptors (Lipinski definition) is 2. The molecule has 316 valence electrons. The van der Waals surface area contributed by atoms with Crippen LogP contribution in [0.2, 0.25) is 0 Å². The molecule has 0 atom stereocenters. The fraction of sp³-hybridized carbons (Fsp3) is 0.148. The van der Waals surface area contributed by atoms with Gasteiger partial charge >= 0.3 is 0 Å². The minimum absolute atomic E-state index is 0.00646. The summed E-state index contributed by atoms with van der Waals surface area (Å²) in [6, 6.07) is 65.1. The molecule has 0 radical (unpaired) electrons. The van der Waals surface area contributed by atoms with Crippen molar-refractivity contribution < 1.29 is 0 Å². The Hall–Kier alpha value is -7.50. The molecule has 9 aromatic carbocycles. The maximum Gasteiger partial charge on any atom is 0.252 e. The Morgan fingerprint density at radius 2 is 1.02 bits per heavy atom. The summed E-state index contributed by atoms with van der Waals surface area (Å²) in [5.41, 5.74) is 22.7. The zero-order chi connectivity index (χ0) is 44.5. The minimum Gasteiger partial charge on any atom is -0.311 e. The number of nitrogens with zero attached hydrogens (tertiary/aromatic N) is 4. The van der Waals surface area contributed by atoms with E-state index in [-0.39, 0.29) is 17.5 Å². The number of para-hydroxylation sites is 3. The van der Waals surface area contributed by atoms with Crippen LogP contribution in [0.25, 0.3) is 65.8 Å². The second-order valence-corrected chi connectivity index (χ2v) is 21.1. The van der Waals surface area contributed by atoms with E-state index in [1.54, 1.807) is 0 Å². The number of fused-ring (bicyclic) bond motifs is 13. The maximum atomic E-state index is 2.60. The lowest BCUT2D eigenvalue weighted by Gasteiger charge is -2.46. The van der Waals surface area contributed by atoms with Crippen LogP contribution in [0, 0.1) is 6.92 Å². The molecule has 0 fully saturated rings. The van der Waals surface area contributed by atoms with Crippen molar-refractivity contribution in [3.63, 3.8) is 0 Å². The van der Waals surface area contributed by atoms with Crippen molar-refractivity contribution in [2.24, 2.45) is 0 Å². The average molecular weight is 849 g/mol. The summed E-state index contributed by atoms with van der Waals surface area (Å²) in [4.78, 5) is 5.18. The molecule has 14 rings (SSSR count). The number of rotatable bonds is 2. The van der Waals surface area contributed by atoms with Gasteiger partial charge < -0.3 is 18.9 Å². The van der Waals surface area contributed by atoms with E-state index in [0.717, 1.165) is 11.4 Å². The van der Waals surface area contributed by atoms with Crippen LogP contribution in [-0.4, -0.2) is 15.8 Å². The highest BCUT2D eigenvalue weighted by Gasteiger charge is 2.46. The van der Waals surface area contributed by atoms with Crippen LogP contribution < -0.4 is 26.2 Å². The van der Waals surface area contributed by atoms with Gasteiger partial charge in [-0.2, -0.15) is 0 Å². The van der Waals surface area contributed by atoms with Crippen LogP contribution in [0.3, 0.4) is 0 Å². The summed E-state index contributed by atoms with van der Waals surface area (Å²) in [5, 5.41) is 7.64. The molecule has 66 heavy (non-hydrogen) atoms. The van der Waals surface area contributed by atoms with Gasteiger partial charge in [0, 0.05) is 50.0 Å². The molecule has 3 aliphatic heterocycles. The van der Waals surface area contributed by atoms with E-state index >= 15 is 0 Å². The van der Waals surface area contributed by atoms with Gasteiger partial charge in [-0.3, -0.25) is 0 Å². The molecular weight excluding hydrogens is 800 g/mol. The first-order valence-electron chi connectivity index (χ1n) is 23.5. The molecular formula is C61H49BN4. The van der Waals surface area contributed by atoms with E-state index < -0.39 is 0 Å². The van der Waals surface area contributed by atoms with Gasteiger partial charge in [-0.15, -0.1) is 0 Å². The third-order valence-electron chi connectivity index (χ3n) is 15.1. The highest BCUT2D eigenvalue weighted by atomic mass is 15.2. The Morgan fingerprint density at radius 3 is 1.76 bits per heavy atom. The highest BCUT2D eigenvalue weighted by molar-refractivity contribution is 7.00. The van der Waals surface area contributed by atoms with Gasteiger partial charge in [0.05, 0.1) is 39.1 Å². The molecule has 11 aromatic rings. The molecule has 0 N–H and O–H groups in total. The molecule has 0 unspecified atom stereocenters. The Balaban J connectivity index is 1.08. The Kier molecular flexibility index (Phi) is 7.37. The highest BCUT2D eigenvalue weighted by Crippen LogP contribution is 2.52. The predicted octanol–water partition coefficient (Wildman–Crippen LogP) is 14.3. The van der Waals surface area contributed by atoms with Crippen molar-refractivity contribution in [3.05, 3.63) is 187 Å². The zero-order valence-corrected chi connectivity index (χ0v) is 38.5. The normalized spacial score (nSPS) is 13.9. The standard InChI is InChI=1S/C61H49BN4/c1-36-30-55-57-56(31-36)66-52-20-12-17-44-43-16-10-11-19-49(43)65(58(44)52)53-21-13-18-48(59(53)66)62(57)47-27-26-42(35-54(47)64(55)41-25-22-37-14-8-9-15-38(37)32-41)63-50-28-23-39(60(2,3)4)33-45(50)46-34-40(61(5,6)7)24-29-51(46)63/h8-35H,1-7H3.